The van der Waals surface area contributed by atoms with E-state index < -0.39 is 6.10 Å². The number of nitrogens with one attached hydrogen (secondary N) is 2. The van der Waals surface area contributed by atoms with Crippen molar-refractivity contribution >= 4 is 5.91 Å². The van der Waals surface area contributed by atoms with Crippen molar-refractivity contribution < 1.29 is 9.90 Å². The van der Waals surface area contributed by atoms with Crippen LogP contribution in [0, 0.1) is 0 Å². The van der Waals surface area contributed by atoms with E-state index in [-0.39, 0.29) is 5.91 Å². The molecule has 1 aromatic rings. The van der Waals surface area contributed by atoms with Gasteiger partial charge >= 0.3 is 0 Å². The molecule has 0 saturated carbocycles. The molecule has 0 fully saturated rings. The molecule has 0 spiro atoms. The number of rotatable bonds is 8. The Morgan fingerprint density at radius 2 is 1.95 bits per heavy atom. The van der Waals surface area contributed by atoms with Gasteiger partial charge < -0.3 is 15.7 Å². The third-order valence-electron chi connectivity index (χ3n) is 2.92. The summed E-state index contributed by atoms with van der Waals surface area (Å²) in [5.74, 6) is -0.0335. The van der Waals surface area contributed by atoms with Crippen LogP contribution in [0.3, 0.4) is 0 Å². The zero-order chi connectivity index (χ0) is 14.1. The average molecular weight is 264 g/mol. The van der Waals surface area contributed by atoms with Crippen LogP contribution in [0.2, 0.25) is 0 Å². The van der Waals surface area contributed by atoms with Gasteiger partial charge in [0.05, 0.1) is 6.10 Å². The summed E-state index contributed by atoms with van der Waals surface area (Å²) in [7, 11) is 0. The van der Waals surface area contributed by atoms with Crippen molar-refractivity contribution in [1.29, 1.82) is 0 Å². The van der Waals surface area contributed by atoms with Gasteiger partial charge in [0.25, 0.3) is 0 Å². The number of carbonyl (C=O) groups excluding carboxylic acids is 1. The molecule has 0 heterocycles. The highest BCUT2D eigenvalue weighted by Crippen LogP contribution is 2.13. The minimum Gasteiger partial charge on any atom is -0.387 e. The Bertz CT molecular complexity index is 376. The fraction of sp³-hybridized carbons (Fsp3) is 0.533. The number of benzene rings is 1. The van der Waals surface area contributed by atoms with E-state index >= 15 is 0 Å². The van der Waals surface area contributed by atoms with Gasteiger partial charge in [-0.1, -0.05) is 37.6 Å². The Morgan fingerprint density at radius 3 is 2.53 bits per heavy atom. The molecule has 4 nitrogen and oxygen atoms in total. The zero-order valence-electron chi connectivity index (χ0n) is 11.8. The number of amides is 1. The topological polar surface area (TPSA) is 61.4 Å². The van der Waals surface area contributed by atoms with Gasteiger partial charge in [-0.2, -0.15) is 0 Å². The standard InChI is InChI=1S/C15H24N2O2/c1-3-4-13-5-7-14(8-6-13)15(19)11-16-9-10-17-12(2)18/h5-8,15-16,19H,3-4,9-11H2,1-2H3,(H,17,18). The van der Waals surface area contributed by atoms with Crippen LogP contribution in [-0.2, 0) is 11.2 Å². The maximum absolute atomic E-state index is 10.7. The number of carbonyl (C=O) groups is 1. The lowest BCUT2D eigenvalue weighted by atomic mass is 10.0. The van der Waals surface area contributed by atoms with Crippen LogP contribution in [0.5, 0.6) is 0 Å². The Hall–Kier alpha value is -1.39. The number of hydrogen-bond donors (Lipinski definition) is 3. The van der Waals surface area contributed by atoms with Crippen molar-refractivity contribution in [1.82, 2.24) is 10.6 Å². The summed E-state index contributed by atoms with van der Waals surface area (Å²) in [6.07, 6.45) is 1.70. The molecule has 0 aromatic heterocycles. The van der Waals surface area contributed by atoms with Gasteiger partial charge in [-0.25, -0.2) is 0 Å². The van der Waals surface area contributed by atoms with Crippen molar-refractivity contribution in [3.8, 4) is 0 Å². The molecular weight excluding hydrogens is 240 g/mol. The van der Waals surface area contributed by atoms with Crippen molar-refractivity contribution in [2.75, 3.05) is 19.6 Å². The van der Waals surface area contributed by atoms with E-state index in [4.69, 9.17) is 0 Å². The van der Waals surface area contributed by atoms with Crippen molar-refractivity contribution in [2.45, 2.75) is 32.8 Å². The van der Waals surface area contributed by atoms with Crippen molar-refractivity contribution in [3.05, 3.63) is 35.4 Å². The molecule has 1 rings (SSSR count). The Labute approximate surface area is 115 Å². The molecule has 1 atom stereocenters. The highest BCUT2D eigenvalue weighted by Gasteiger charge is 2.06. The molecule has 0 saturated heterocycles. The quantitative estimate of drug-likeness (QED) is 0.622. The molecule has 1 amide bonds. The van der Waals surface area contributed by atoms with Gasteiger partial charge in [0.2, 0.25) is 5.91 Å². The third-order valence-corrected chi connectivity index (χ3v) is 2.92. The molecule has 1 aromatic carbocycles. The average Bonchev–Trinajstić information content (AvgIpc) is 2.39. The van der Waals surface area contributed by atoms with Crippen molar-refractivity contribution in [3.63, 3.8) is 0 Å². The predicted molar refractivity (Wildman–Crippen MR) is 77.0 cm³/mol. The molecule has 0 radical (unpaired) electrons. The molecular formula is C15H24N2O2. The second kappa shape index (κ2) is 8.67. The number of aryl methyl sites for hydroxylation is 1. The van der Waals surface area contributed by atoms with E-state index in [2.05, 4.69) is 29.7 Å². The fourth-order valence-corrected chi connectivity index (χ4v) is 1.88. The minimum atomic E-state index is -0.506. The number of aliphatic hydroxyl groups excluding tert-OH is 1. The van der Waals surface area contributed by atoms with Gasteiger partial charge in [0.1, 0.15) is 0 Å². The summed E-state index contributed by atoms with van der Waals surface area (Å²) >= 11 is 0. The Kier molecular flexibility index (Phi) is 7.15. The Morgan fingerprint density at radius 1 is 1.26 bits per heavy atom. The van der Waals surface area contributed by atoms with E-state index in [9.17, 15) is 9.90 Å². The highest BCUT2D eigenvalue weighted by atomic mass is 16.3. The van der Waals surface area contributed by atoms with Crippen LogP contribution in [-0.4, -0.2) is 30.6 Å². The minimum absolute atomic E-state index is 0.0335. The lowest BCUT2D eigenvalue weighted by Gasteiger charge is -2.13. The molecule has 0 aliphatic heterocycles. The molecule has 0 aliphatic carbocycles. The summed E-state index contributed by atoms with van der Waals surface area (Å²) in [4.78, 5) is 10.7. The summed E-state index contributed by atoms with van der Waals surface area (Å²) in [6, 6.07) is 8.09. The van der Waals surface area contributed by atoms with Gasteiger partial charge in [-0.05, 0) is 17.5 Å². The monoisotopic (exact) mass is 264 g/mol. The van der Waals surface area contributed by atoms with Crippen LogP contribution in [0.4, 0.5) is 0 Å². The molecule has 1 unspecified atom stereocenters. The molecule has 4 heteroatoms. The normalized spacial score (nSPS) is 12.2. The lowest BCUT2D eigenvalue weighted by Crippen LogP contribution is -2.32. The maximum atomic E-state index is 10.7. The van der Waals surface area contributed by atoms with E-state index in [0.29, 0.717) is 19.6 Å². The molecule has 0 bridgehead atoms. The van der Waals surface area contributed by atoms with Crippen LogP contribution in [0.25, 0.3) is 0 Å². The van der Waals surface area contributed by atoms with E-state index in [1.165, 1.54) is 12.5 Å². The van der Waals surface area contributed by atoms with Crippen LogP contribution < -0.4 is 10.6 Å². The third kappa shape index (κ3) is 6.36. The number of hydrogen-bond acceptors (Lipinski definition) is 3. The SMILES string of the molecule is CCCc1ccc(C(O)CNCCNC(C)=O)cc1. The summed E-state index contributed by atoms with van der Waals surface area (Å²) in [5.41, 5.74) is 2.23. The first-order valence-corrected chi connectivity index (χ1v) is 6.85. The van der Waals surface area contributed by atoms with E-state index in [1.807, 2.05) is 12.1 Å². The van der Waals surface area contributed by atoms with E-state index in [0.717, 1.165) is 18.4 Å². The van der Waals surface area contributed by atoms with Gasteiger partial charge in [0.15, 0.2) is 0 Å². The maximum Gasteiger partial charge on any atom is 0.216 e. The second-order valence-electron chi connectivity index (χ2n) is 4.69. The number of aliphatic hydroxyl groups is 1. The first-order chi connectivity index (χ1) is 9.13. The predicted octanol–water partition coefficient (Wildman–Crippen LogP) is 1.40. The molecule has 3 N–H and O–H groups in total. The van der Waals surface area contributed by atoms with E-state index in [1.54, 1.807) is 0 Å². The first-order valence-electron chi connectivity index (χ1n) is 6.85. The van der Waals surface area contributed by atoms with Crippen LogP contribution in [0.15, 0.2) is 24.3 Å². The first kappa shape index (κ1) is 15.7. The lowest BCUT2D eigenvalue weighted by molar-refractivity contribution is -0.118. The smallest absolute Gasteiger partial charge is 0.216 e. The zero-order valence-corrected chi connectivity index (χ0v) is 11.8. The fourth-order valence-electron chi connectivity index (χ4n) is 1.88. The van der Waals surface area contributed by atoms with Crippen LogP contribution in [0.1, 0.15) is 37.5 Å². The van der Waals surface area contributed by atoms with Crippen LogP contribution >= 0.6 is 0 Å². The molecule has 19 heavy (non-hydrogen) atoms. The van der Waals surface area contributed by atoms with Gasteiger partial charge in [-0.15, -0.1) is 0 Å². The van der Waals surface area contributed by atoms with Crippen molar-refractivity contribution in [2.24, 2.45) is 0 Å². The largest absolute Gasteiger partial charge is 0.387 e. The molecule has 106 valence electrons. The van der Waals surface area contributed by atoms with Gasteiger partial charge in [-0.3, -0.25) is 4.79 Å². The van der Waals surface area contributed by atoms with Gasteiger partial charge in [0, 0.05) is 26.6 Å². The molecule has 0 aliphatic rings. The Balaban J connectivity index is 2.28. The highest BCUT2D eigenvalue weighted by molar-refractivity contribution is 5.72. The summed E-state index contributed by atoms with van der Waals surface area (Å²) in [6.45, 7) is 5.38. The second-order valence-corrected chi connectivity index (χ2v) is 4.69. The summed E-state index contributed by atoms with van der Waals surface area (Å²) < 4.78 is 0. The summed E-state index contributed by atoms with van der Waals surface area (Å²) in [5, 5.41) is 15.8.